The lowest BCUT2D eigenvalue weighted by Crippen LogP contribution is -2.18. The van der Waals surface area contributed by atoms with E-state index >= 15 is 0 Å². The molecule has 2 N–H and O–H groups in total. The van der Waals surface area contributed by atoms with Gasteiger partial charge in [0.25, 0.3) is 0 Å². The maximum Gasteiger partial charge on any atom is 0.304 e. The number of hydrogen-bond donors (Lipinski definition) is 2. The number of carboxylic acids is 1. The third-order valence-electron chi connectivity index (χ3n) is 4.17. The first-order valence-electron chi connectivity index (χ1n) is 7.95. The summed E-state index contributed by atoms with van der Waals surface area (Å²) < 4.78 is 0. The van der Waals surface area contributed by atoms with Gasteiger partial charge in [-0.2, -0.15) is 0 Å². The quantitative estimate of drug-likeness (QED) is 0.595. The largest absolute Gasteiger partial charge is 0.481 e. The molecule has 0 saturated carbocycles. The van der Waals surface area contributed by atoms with E-state index in [1.54, 1.807) is 30.3 Å². The van der Waals surface area contributed by atoms with Crippen LogP contribution in [0.1, 0.15) is 46.8 Å². The van der Waals surface area contributed by atoms with Crippen LogP contribution < -0.4 is 0 Å². The van der Waals surface area contributed by atoms with Crippen LogP contribution in [0.4, 0.5) is 0 Å². The van der Waals surface area contributed by atoms with E-state index in [1.165, 1.54) is 0 Å². The summed E-state index contributed by atoms with van der Waals surface area (Å²) in [6.45, 7) is 3.77. The van der Waals surface area contributed by atoms with Crippen LogP contribution in [0.15, 0.2) is 48.5 Å². The molecule has 0 aromatic heterocycles. The summed E-state index contributed by atoms with van der Waals surface area (Å²) in [6.07, 6.45) is 0.536. The average molecular weight is 323 g/mol. The molecule has 0 aliphatic carbocycles. The highest BCUT2D eigenvalue weighted by Gasteiger charge is 2.18. The van der Waals surface area contributed by atoms with Gasteiger partial charge in [0, 0.05) is 22.8 Å². The third-order valence-corrected chi connectivity index (χ3v) is 4.17. The predicted molar refractivity (Wildman–Crippen MR) is 93.9 cm³/mol. The van der Waals surface area contributed by atoms with Crippen LogP contribution in [0.5, 0.6) is 0 Å². The number of nitrogens with one attached hydrogen (secondary N) is 1. The van der Waals surface area contributed by atoms with Crippen molar-refractivity contribution in [2.24, 2.45) is 5.92 Å². The Morgan fingerprint density at radius 2 is 1.62 bits per heavy atom. The van der Waals surface area contributed by atoms with Crippen LogP contribution in [0.3, 0.4) is 0 Å². The van der Waals surface area contributed by atoms with Crippen molar-refractivity contribution in [1.29, 1.82) is 5.41 Å². The van der Waals surface area contributed by atoms with Crippen LogP contribution >= 0.6 is 0 Å². The van der Waals surface area contributed by atoms with Crippen molar-refractivity contribution in [2.45, 2.75) is 26.7 Å². The number of carbonyl (C=O) groups excluding carboxylic acids is 1. The monoisotopic (exact) mass is 323 g/mol. The van der Waals surface area contributed by atoms with E-state index in [4.69, 9.17) is 10.5 Å². The molecule has 4 heteroatoms. The topological polar surface area (TPSA) is 78.2 Å². The molecule has 1 unspecified atom stereocenters. The average Bonchev–Trinajstić information content (AvgIpc) is 2.59. The summed E-state index contributed by atoms with van der Waals surface area (Å²) in [7, 11) is 0. The first kappa shape index (κ1) is 17.6. The number of ketones is 1. The molecular formula is C20H21NO3. The number of rotatable bonds is 7. The van der Waals surface area contributed by atoms with Crippen molar-refractivity contribution in [3.8, 4) is 0 Å². The van der Waals surface area contributed by atoms with E-state index in [-0.39, 0.29) is 18.1 Å². The van der Waals surface area contributed by atoms with Crippen molar-refractivity contribution < 1.29 is 14.7 Å². The van der Waals surface area contributed by atoms with Crippen LogP contribution in [-0.2, 0) is 4.79 Å². The highest BCUT2D eigenvalue weighted by molar-refractivity contribution is 6.10. The van der Waals surface area contributed by atoms with Gasteiger partial charge in [-0.3, -0.25) is 9.59 Å². The predicted octanol–water partition coefficient (Wildman–Crippen LogP) is 4.09. The lowest BCUT2D eigenvalue weighted by atomic mass is 9.90. The minimum Gasteiger partial charge on any atom is -0.481 e. The van der Waals surface area contributed by atoms with Crippen molar-refractivity contribution in [3.05, 3.63) is 70.8 Å². The SMILES string of the molecule is CCC(CC(=O)O)C(=N)c1ccc(C(=O)c2ccccc2C)cc1. The number of carbonyl (C=O) groups is 2. The molecule has 0 heterocycles. The lowest BCUT2D eigenvalue weighted by Gasteiger charge is -2.14. The Labute approximate surface area is 141 Å². The van der Waals surface area contributed by atoms with Crippen LogP contribution in [-0.4, -0.2) is 22.6 Å². The molecule has 0 bridgehead atoms. The molecule has 2 rings (SSSR count). The second kappa shape index (κ2) is 7.68. The molecule has 0 radical (unpaired) electrons. The summed E-state index contributed by atoms with van der Waals surface area (Å²) in [4.78, 5) is 23.4. The van der Waals surface area contributed by atoms with Gasteiger partial charge >= 0.3 is 5.97 Å². The Kier molecular flexibility index (Phi) is 5.64. The summed E-state index contributed by atoms with van der Waals surface area (Å²) in [5, 5.41) is 17.1. The number of hydrogen-bond acceptors (Lipinski definition) is 3. The van der Waals surface area contributed by atoms with Gasteiger partial charge in [0.05, 0.1) is 6.42 Å². The lowest BCUT2D eigenvalue weighted by molar-refractivity contribution is -0.137. The second-order valence-corrected chi connectivity index (χ2v) is 5.84. The van der Waals surface area contributed by atoms with Gasteiger partial charge in [-0.05, 0) is 24.5 Å². The van der Waals surface area contributed by atoms with Gasteiger partial charge < -0.3 is 10.5 Å². The van der Waals surface area contributed by atoms with Gasteiger partial charge in [-0.15, -0.1) is 0 Å². The molecule has 4 nitrogen and oxygen atoms in total. The molecule has 0 fully saturated rings. The van der Waals surface area contributed by atoms with Crippen LogP contribution in [0.25, 0.3) is 0 Å². The van der Waals surface area contributed by atoms with Crippen LogP contribution in [0.2, 0.25) is 0 Å². The standard InChI is InChI=1S/C20H21NO3/c1-3-14(12-18(22)23)19(21)15-8-10-16(11-9-15)20(24)17-7-5-4-6-13(17)2/h4-11,14,21H,3,12H2,1-2H3,(H,22,23). The first-order chi connectivity index (χ1) is 11.4. The molecule has 2 aromatic rings. The Morgan fingerprint density at radius 3 is 2.17 bits per heavy atom. The van der Waals surface area contributed by atoms with Crippen molar-refractivity contribution >= 4 is 17.5 Å². The van der Waals surface area contributed by atoms with E-state index in [0.717, 1.165) is 5.56 Å². The Bertz CT molecular complexity index is 763. The zero-order chi connectivity index (χ0) is 17.7. The number of benzene rings is 2. The minimum atomic E-state index is -0.905. The molecule has 0 aliphatic heterocycles. The normalized spacial score (nSPS) is 11.8. The van der Waals surface area contributed by atoms with Gasteiger partial charge in [0.1, 0.15) is 0 Å². The van der Waals surface area contributed by atoms with Gasteiger partial charge in [-0.25, -0.2) is 0 Å². The summed E-state index contributed by atoms with van der Waals surface area (Å²) in [5.41, 5.74) is 3.11. The maximum absolute atomic E-state index is 12.6. The molecule has 124 valence electrons. The van der Waals surface area contributed by atoms with Crippen LogP contribution in [0, 0.1) is 18.3 Å². The highest BCUT2D eigenvalue weighted by Crippen LogP contribution is 2.19. The molecule has 0 saturated heterocycles. The molecule has 24 heavy (non-hydrogen) atoms. The van der Waals surface area contributed by atoms with E-state index < -0.39 is 5.97 Å². The molecule has 0 aliphatic rings. The fourth-order valence-corrected chi connectivity index (χ4v) is 2.68. The van der Waals surface area contributed by atoms with Crippen molar-refractivity contribution in [1.82, 2.24) is 0 Å². The zero-order valence-corrected chi connectivity index (χ0v) is 13.9. The third kappa shape index (κ3) is 3.96. The fourth-order valence-electron chi connectivity index (χ4n) is 2.68. The molecule has 2 aromatic carbocycles. The van der Waals surface area contributed by atoms with Crippen molar-refractivity contribution in [2.75, 3.05) is 0 Å². The minimum absolute atomic E-state index is 0.0521. The highest BCUT2D eigenvalue weighted by atomic mass is 16.4. The second-order valence-electron chi connectivity index (χ2n) is 5.84. The zero-order valence-electron chi connectivity index (χ0n) is 13.9. The number of aliphatic carboxylic acids is 1. The van der Waals surface area contributed by atoms with E-state index in [1.807, 2.05) is 32.0 Å². The summed E-state index contributed by atoms with van der Waals surface area (Å²) in [6, 6.07) is 14.3. The summed E-state index contributed by atoms with van der Waals surface area (Å²) >= 11 is 0. The Balaban J connectivity index is 2.21. The van der Waals surface area contributed by atoms with Crippen molar-refractivity contribution in [3.63, 3.8) is 0 Å². The number of aryl methyl sites for hydroxylation is 1. The van der Waals surface area contributed by atoms with E-state index in [9.17, 15) is 9.59 Å². The molecule has 0 amide bonds. The first-order valence-corrected chi connectivity index (χ1v) is 7.95. The summed E-state index contributed by atoms with van der Waals surface area (Å²) in [5.74, 6) is -1.28. The Hall–Kier alpha value is -2.75. The van der Waals surface area contributed by atoms with E-state index in [2.05, 4.69) is 0 Å². The molecule has 0 spiro atoms. The smallest absolute Gasteiger partial charge is 0.304 e. The van der Waals surface area contributed by atoms with Gasteiger partial charge in [0.2, 0.25) is 0 Å². The molecular weight excluding hydrogens is 302 g/mol. The van der Waals surface area contributed by atoms with Gasteiger partial charge in [0.15, 0.2) is 5.78 Å². The van der Waals surface area contributed by atoms with E-state index in [0.29, 0.717) is 28.8 Å². The molecule has 1 atom stereocenters. The maximum atomic E-state index is 12.6. The fraction of sp³-hybridized carbons (Fsp3) is 0.250. The number of carboxylic acid groups (broad SMARTS) is 1. The van der Waals surface area contributed by atoms with Gasteiger partial charge in [-0.1, -0.05) is 55.5 Å². The Morgan fingerprint density at radius 1 is 1.04 bits per heavy atom.